The summed E-state index contributed by atoms with van der Waals surface area (Å²) in [7, 11) is -4.02. The standard InChI is InChI=1S/C32H30N4O4S/c1-22-10-11-23(2)25(19-22)21-36-27-20-24(31(37)35-17-15-34(16-18-35)30-9-5-6-14-33-30)12-13-29(27)41(39,40)28-8-4-3-7-26(28)32(36)38/h3-14,19-20H,15-18,21H2,1-2H3. The lowest BCUT2D eigenvalue weighted by Crippen LogP contribution is -2.49. The largest absolute Gasteiger partial charge is 0.353 e. The van der Waals surface area contributed by atoms with E-state index in [9.17, 15) is 18.0 Å². The third-order valence-electron chi connectivity index (χ3n) is 7.81. The van der Waals surface area contributed by atoms with Gasteiger partial charge < -0.3 is 14.7 Å². The van der Waals surface area contributed by atoms with Crippen LogP contribution in [0.1, 0.15) is 37.4 Å². The van der Waals surface area contributed by atoms with Gasteiger partial charge in [-0.25, -0.2) is 13.4 Å². The molecular formula is C32H30N4O4S. The molecule has 9 heteroatoms. The van der Waals surface area contributed by atoms with Gasteiger partial charge in [0.1, 0.15) is 5.82 Å². The first-order valence-electron chi connectivity index (χ1n) is 13.6. The van der Waals surface area contributed by atoms with Gasteiger partial charge in [-0.2, -0.15) is 0 Å². The van der Waals surface area contributed by atoms with Crippen molar-refractivity contribution in [3.8, 4) is 0 Å². The van der Waals surface area contributed by atoms with Crippen molar-refractivity contribution in [2.45, 2.75) is 30.2 Å². The van der Waals surface area contributed by atoms with Crippen LogP contribution >= 0.6 is 0 Å². The summed E-state index contributed by atoms with van der Waals surface area (Å²) in [5.41, 5.74) is 3.61. The average Bonchev–Trinajstić information content (AvgIpc) is 3.07. The lowest BCUT2D eigenvalue weighted by Gasteiger charge is -2.35. The van der Waals surface area contributed by atoms with E-state index in [1.807, 2.05) is 50.2 Å². The number of pyridine rings is 1. The van der Waals surface area contributed by atoms with Crippen LogP contribution in [-0.4, -0.2) is 56.3 Å². The van der Waals surface area contributed by atoms with Crippen LogP contribution < -0.4 is 9.80 Å². The first kappa shape index (κ1) is 26.7. The maximum Gasteiger partial charge on any atom is 0.259 e. The predicted molar refractivity (Wildman–Crippen MR) is 157 cm³/mol. The minimum absolute atomic E-state index is 0.0117. The van der Waals surface area contributed by atoms with Crippen LogP contribution in [0, 0.1) is 13.8 Å². The van der Waals surface area contributed by atoms with Gasteiger partial charge in [-0.15, -0.1) is 0 Å². The second-order valence-electron chi connectivity index (χ2n) is 10.5. The summed E-state index contributed by atoms with van der Waals surface area (Å²) in [5, 5.41) is 0. The number of rotatable bonds is 4. The first-order chi connectivity index (χ1) is 19.7. The second-order valence-corrected chi connectivity index (χ2v) is 12.4. The molecule has 0 N–H and O–H groups in total. The van der Waals surface area contributed by atoms with Crippen LogP contribution in [0.15, 0.2) is 94.9 Å². The van der Waals surface area contributed by atoms with Crippen LogP contribution in [0.25, 0.3) is 0 Å². The Morgan fingerprint density at radius 2 is 1.61 bits per heavy atom. The van der Waals surface area contributed by atoms with Crippen LogP contribution in [0.3, 0.4) is 0 Å². The van der Waals surface area contributed by atoms with Gasteiger partial charge in [0.25, 0.3) is 11.8 Å². The molecule has 2 aliphatic heterocycles. The van der Waals surface area contributed by atoms with E-state index in [-0.39, 0.29) is 33.5 Å². The Balaban J connectivity index is 1.38. The van der Waals surface area contributed by atoms with Gasteiger partial charge in [-0.05, 0) is 67.4 Å². The number of aromatic nitrogens is 1. The van der Waals surface area contributed by atoms with Crippen molar-refractivity contribution >= 4 is 33.2 Å². The number of amides is 2. The van der Waals surface area contributed by atoms with Crippen LogP contribution in [-0.2, 0) is 16.4 Å². The zero-order chi connectivity index (χ0) is 28.7. The van der Waals surface area contributed by atoms with Crippen molar-refractivity contribution in [3.05, 3.63) is 113 Å². The van der Waals surface area contributed by atoms with Crippen LogP contribution in [0.4, 0.5) is 11.5 Å². The number of nitrogens with zero attached hydrogens (tertiary/aromatic N) is 4. The fraction of sp³-hybridized carbons (Fsp3) is 0.219. The molecule has 1 aromatic heterocycles. The van der Waals surface area contributed by atoms with Crippen molar-refractivity contribution < 1.29 is 18.0 Å². The zero-order valence-corrected chi connectivity index (χ0v) is 23.8. The number of anilines is 2. The molecule has 3 heterocycles. The molecule has 2 aliphatic rings. The first-order valence-corrected chi connectivity index (χ1v) is 15.0. The fourth-order valence-electron chi connectivity index (χ4n) is 5.50. The Bertz CT molecular complexity index is 1760. The number of sulfone groups is 1. The van der Waals surface area contributed by atoms with E-state index in [0.29, 0.717) is 31.7 Å². The van der Waals surface area contributed by atoms with Crippen LogP contribution in [0.5, 0.6) is 0 Å². The van der Waals surface area contributed by atoms with Crippen molar-refractivity contribution in [2.24, 2.45) is 0 Å². The molecule has 0 spiro atoms. The molecule has 8 nitrogen and oxygen atoms in total. The molecule has 0 saturated carbocycles. The molecule has 0 aliphatic carbocycles. The number of hydrogen-bond donors (Lipinski definition) is 0. The summed E-state index contributed by atoms with van der Waals surface area (Å²) in [5.74, 6) is 0.249. The molecule has 3 aromatic carbocycles. The maximum atomic E-state index is 14.0. The Labute approximate surface area is 239 Å². The number of carbonyl (C=O) groups is 2. The second kappa shape index (κ2) is 10.5. The Morgan fingerprint density at radius 3 is 2.37 bits per heavy atom. The summed E-state index contributed by atoms with van der Waals surface area (Å²) in [6, 6.07) is 22.6. The van der Waals surface area contributed by atoms with E-state index >= 15 is 0 Å². The Kier molecular flexibility index (Phi) is 6.83. The summed E-state index contributed by atoms with van der Waals surface area (Å²) in [4.78, 5) is 37.5. The summed E-state index contributed by atoms with van der Waals surface area (Å²) < 4.78 is 27.7. The highest BCUT2D eigenvalue weighted by molar-refractivity contribution is 7.91. The molecule has 0 bridgehead atoms. The number of piperazine rings is 1. The highest BCUT2D eigenvalue weighted by atomic mass is 32.2. The topological polar surface area (TPSA) is 90.9 Å². The van der Waals surface area contributed by atoms with E-state index in [4.69, 9.17) is 0 Å². The maximum absolute atomic E-state index is 14.0. The molecule has 2 amide bonds. The van der Waals surface area contributed by atoms with Gasteiger partial charge in [-0.3, -0.25) is 9.59 Å². The third-order valence-corrected chi connectivity index (χ3v) is 9.67. The minimum atomic E-state index is -4.02. The minimum Gasteiger partial charge on any atom is -0.353 e. The van der Waals surface area contributed by atoms with E-state index < -0.39 is 15.7 Å². The number of aryl methyl sites for hydroxylation is 2. The third kappa shape index (κ3) is 4.86. The van der Waals surface area contributed by atoms with Gasteiger partial charge in [-0.1, -0.05) is 42.0 Å². The molecular weight excluding hydrogens is 536 g/mol. The monoisotopic (exact) mass is 566 g/mol. The molecule has 4 aromatic rings. The Hall–Kier alpha value is -4.50. The zero-order valence-electron chi connectivity index (χ0n) is 22.9. The Morgan fingerprint density at radius 1 is 0.854 bits per heavy atom. The van der Waals surface area contributed by atoms with E-state index in [2.05, 4.69) is 9.88 Å². The number of fused-ring (bicyclic) bond motifs is 2. The molecule has 208 valence electrons. The fourth-order valence-corrected chi connectivity index (χ4v) is 7.13. The smallest absolute Gasteiger partial charge is 0.259 e. The van der Waals surface area contributed by atoms with Crippen molar-refractivity contribution in [2.75, 3.05) is 36.0 Å². The van der Waals surface area contributed by atoms with Crippen LogP contribution in [0.2, 0.25) is 0 Å². The SMILES string of the molecule is Cc1ccc(C)c(CN2C(=O)c3ccccc3S(=O)(=O)c3ccc(C(=O)N4CCN(c5ccccn5)CC4)cc32)c1. The van der Waals surface area contributed by atoms with Crippen molar-refractivity contribution in [3.63, 3.8) is 0 Å². The molecule has 0 atom stereocenters. The lowest BCUT2D eigenvalue weighted by atomic mass is 10.0. The summed E-state index contributed by atoms with van der Waals surface area (Å²) in [6.45, 7) is 6.38. The summed E-state index contributed by atoms with van der Waals surface area (Å²) in [6.07, 6.45) is 1.75. The van der Waals surface area contributed by atoms with Crippen molar-refractivity contribution in [1.82, 2.24) is 9.88 Å². The highest BCUT2D eigenvalue weighted by Crippen LogP contribution is 2.38. The van der Waals surface area contributed by atoms with E-state index in [1.54, 1.807) is 41.4 Å². The molecule has 6 rings (SSSR count). The van der Waals surface area contributed by atoms with Gasteiger partial charge in [0.05, 0.1) is 27.6 Å². The average molecular weight is 567 g/mol. The van der Waals surface area contributed by atoms with E-state index in [0.717, 1.165) is 22.5 Å². The van der Waals surface area contributed by atoms with E-state index in [1.165, 1.54) is 17.0 Å². The van der Waals surface area contributed by atoms with Gasteiger partial charge in [0, 0.05) is 37.9 Å². The normalized spacial score (nSPS) is 16.1. The highest BCUT2D eigenvalue weighted by Gasteiger charge is 2.36. The predicted octanol–water partition coefficient (Wildman–Crippen LogP) is 4.65. The molecule has 0 unspecified atom stereocenters. The van der Waals surface area contributed by atoms with Gasteiger partial charge in [0.2, 0.25) is 9.84 Å². The van der Waals surface area contributed by atoms with Gasteiger partial charge >= 0.3 is 0 Å². The number of hydrogen-bond acceptors (Lipinski definition) is 6. The molecule has 41 heavy (non-hydrogen) atoms. The molecule has 0 radical (unpaired) electrons. The molecule has 1 fully saturated rings. The van der Waals surface area contributed by atoms with Gasteiger partial charge in [0.15, 0.2) is 0 Å². The quantitative estimate of drug-likeness (QED) is 0.357. The molecule has 1 saturated heterocycles. The number of benzene rings is 3. The van der Waals surface area contributed by atoms with Crippen molar-refractivity contribution in [1.29, 1.82) is 0 Å². The summed E-state index contributed by atoms with van der Waals surface area (Å²) >= 11 is 0. The number of carbonyl (C=O) groups excluding carboxylic acids is 2. The lowest BCUT2D eigenvalue weighted by molar-refractivity contribution is 0.0746.